The Kier molecular flexibility index (Phi) is 6.34. The smallest absolute Gasteiger partial charge is 0.328 e. The number of hydrogen-bond acceptors (Lipinski definition) is 2. The van der Waals surface area contributed by atoms with Crippen molar-refractivity contribution in [3.63, 3.8) is 0 Å². The Morgan fingerprint density at radius 1 is 1.21 bits per heavy atom. The third kappa shape index (κ3) is 4.37. The lowest BCUT2D eigenvalue weighted by molar-refractivity contribution is -0.131. The molecular formula is C27H29F3N2O2. The van der Waals surface area contributed by atoms with E-state index in [4.69, 9.17) is 5.11 Å². The van der Waals surface area contributed by atoms with E-state index >= 15 is 8.78 Å². The molecule has 0 saturated heterocycles. The number of hydrogen-bond donors (Lipinski definition) is 1. The summed E-state index contributed by atoms with van der Waals surface area (Å²) in [7, 11) is 0. The topological polar surface area (TPSA) is 45.5 Å². The lowest BCUT2D eigenvalue weighted by Crippen LogP contribution is -2.48. The summed E-state index contributed by atoms with van der Waals surface area (Å²) in [6.07, 6.45) is 2.62. The van der Waals surface area contributed by atoms with Gasteiger partial charge in [-0.05, 0) is 69.5 Å². The molecule has 1 aromatic heterocycles. The van der Waals surface area contributed by atoms with Crippen molar-refractivity contribution in [2.24, 2.45) is 0 Å². The molecule has 0 radical (unpaired) electrons. The minimum absolute atomic E-state index is 0.00304. The van der Waals surface area contributed by atoms with Crippen molar-refractivity contribution in [2.45, 2.75) is 58.4 Å². The number of para-hydroxylation sites is 1. The summed E-state index contributed by atoms with van der Waals surface area (Å²) in [5, 5.41) is 9.90. The summed E-state index contributed by atoms with van der Waals surface area (Å²) in [4.78, 5) is 12.7. The summed E-state index contributed by atoms with van der Waals surface area (Å²) in [5.41, 5.74) is 1.16. The molecule has 0 unspecified atom stereocenters. The molecule has 1 N–H and O–H groups in total. The van der Waals surface area contributed by atoms with Gasteiger partial charge in [0, 0.05) is 47.4 Å². The Bertz CT molecular complexity index is 1250. The van der Waals surface area contributed by atoms with Crippen LogP contribution in [0, 0.1) is 11.6 Å². The van der Waals surface area contributed by atoms with Crippen molar-refractivity contribution in [2.75, 3.05) is 6.54 Å². The highest BCUT2D eigenvalue weighted by Gasteiger charge is 2.42. The highest BCUT2D eigenvalue weighted by Crippen LogP contribution is 2.45. The molecule has 1 aliphatic rings. The van der Waals surface area contributed by atoms with E-state index in [-0.39, 0.29) is 23.7 Å². The van der Waals surface area contributed by atoms with Crippen molar-refractivity contribution < 1.29 is 23.1 Å². The first kappa shape index (κ1) is 24.1. The van der Waals surface area contributed by atoms with Crippen LogP contribution in [0.25, 0.3) is 17.0 Å². The number of carbonyl (C=O) groups is 1. The Labute approximate surface area is 197 Å². The molecular weight excluding hydrogens is 441 g/mol. The van der Waals surface area contributed by atoms with Gasteiger partial charge in [-0.3, -0.25) is 4.90 Å². The van der Waals surface area contributed by atoms with E-state index in [9.17, 15) is 9.18 Å². The Morgan fingerprint density at radius 3 is 2.44 bits per heavy atom. The Hall–Kier alpha value is -3.06. The van der Waals surface area contributed by atoms with Crippen LogP contribution in [0.1, 0.15) is 56.1 Å². The molecule has 34 heavy (non-hydrogen) atoms. The lowest BCUT2D eigenvalue weighted by atomic mass is 9.86. The van der Waals surface area contributed by atoms with Crippen molar-refractivity contribution >= 4 is 22.9 Å². The van der Waals surface area contributed by atoms with Crippen LogP contribution in [-0.2, 0) is 17.8 Å². The molecule has 0 aliphatic carbocycles. The molecule has 1 aliphatic heterocycles. The second-order valence-electron chi connectivity index (χ2n) is 9.54. The maximum Gasteiger partial charge on any atom is 0.328 e. The number of alkyl halides is 1. The zero-order valence-corrected chi connectivity index (χ0v) is 19.8. The second-order valence-corrected chi connectivity index (χ2v) is 9.54. The number of carboxylic acid groups (broad SMARTS) is 1. The monoisotopic (exact) mass is 470 g/mol. The summed E-state index contributed by atoms with van der Waals surface area (Å²) in [6.45, 7) is 7.47. The van der Waals surface area contributed by atoms with Gasteiger partial charge in [-0.25, -0.2) is 18.0 Å². The molecule has 0 fully saturated rings. The number of aryl methyl sites for hydroxylation is 1. The van der Waals surface area contributed by atoms with Gasteiger partial charge in [0.1, 0.15) is 17.3 Å². The first-order valence-corrected chi connectivity index (χ1v) is 11.5. The van der Waals surface area contributed by atoms with Crippen LogP contribution in [0.5, 0.6) is 0 Å². The van der Waals surface area contributed by atoms with E-state index in [2.05, 4.69) is 4.57 Å². The average molecular weight is 471 g/mol. The van der Waals surface area contributed by atoms with E-state index in [1.165, 1.54) is 13.8 Å². The van der Waals surface area contributed by atoms with E-state index in [1.807, 2.05) is 43.0 Å². The molecule has 0 saturated carbocycles. The number of rotatable bonds is 6. The zero-order chi connectivity index (χ0) is 24.8. The summed E-state index contributed by atoms with van der Waals surface area (Å²) in [6, 6.07) is 9.17. The van der Waals surface area contributed by atoms with Crippen LogP contribution in [0.15, 0.2) is 42.5 Å². The number of aromatic nitrogens is 1. The van der Waals surface area contributed by atoms with Crippen LogP contribution < -0.4 is 0 Å². The molecule has 2 heterocycles. The normalized spacial score (nSPS) is 19.1. The number of carboxylic acids is 1. The molecule has 0 bridgehead atoms. The summed E-state index contributed by atoms with van der Waals surface area (Å²) >= 11 is 0. The van der Waals surface area contributed by atoms with Gasteiger partial charge in [0.25, 0.3) is 0 Å². The van der Waals surface area contributed by atoms with Gasteiger partial charge in [-0.1, -0.05) is 18.2 Å². The van der Waals surface area contributed by atoms with Crippen LogP contribution in [0.3, 0.4) is 0 Å². The van der Waals surface area contributed by atoms with Gasteiger partial charge in [-0.15, -0.1) is 0 Å². The molecule has 0 amide bonds. The molecule has 0 spiro atoms. The van der Waals surface area contributed by atoms with E-state index < -0.39 is 29.3 Å². The molecule has 4 nitrogen and oxygen atoms in total. The number of fused-ring (bicyclic) bond motifs is 3. The minimum Gasteiger partial charge on any atom is -0.478 e. The van der Waals surface area contributed by atoms with E-state index in [0.29, 0.717) is 13.0 Å². The molecule has 2 aromatic carbocycles. The first-order chi connectivity index (χ1) is 16.0. The van der Waals surface area contributed by atoms with Gasteiger partial charge >= 0.3 is 5.97 Å². The largest absolute Gasteiger partial charge is 0.478 e. The van der Waals surface area contributed by atoms with Crippen molar-refractivity contribution in [1.29, 1.82) is 0 Å². The van der Waals surface area contributed by atoms with Crippen LogP contribution >= 0.6 is 0 Å². The Balaban J connectivity index is 1.99. The molecule has 3 aromatic rings. The number of nitrogens with zero attached hydrogens (tertiary/aromatic N) is 2. The van der Waals surface area contributed by atoms with Gasteiger partial charge in [0.15, 0.2) is 0 Å². The Morgan fingerprint density at radius 2 is 1.85 bits per heavy atom. The first-order valence-electron chi connectivity index (χ1n) is 11.5. The number of benzene rings is 2. The van der Waals surface area contributed by atoms with Crippen molar-refractivity contribution in [1.82, 2.24) is 9.47 Å². The van der Waals surface area contributed by atoms with E-state index in [0.717, 1.165) is 46.4 Å². The summed E-state index contributed by atoms with van der Waals surface area (Å²) < 4.78 is 48.2. The third-order valence-corrected chi connectivity index (χ3v) is 6.44. The minimum atomic E-state index is -1.58. The summed E-state index contributed by atoms with van der Waals surface area (Å²) in [5.74, 6) is -2.78. The molecule has 7 heteroatoms. The fraction of sp³-hybridized carbons (Fsp3) is 0.370. The quantitative estimate of drug-likeness (QED) is 0.442. The second kappa shape index (κ2) is 8.95. The van der Waals surface area contributed by atoms with Gasteiger partial charge in [-0.2, -0.15) is 0 Å². The number of halogens is 3. The van der Waals surface area contributed by atoms with Crippen molar-refractivity contribution in [3.8, 4) is 0 Å². The standard InChI is InChI=1S/C27H29F3N2O2/c1-5-31-22-9-7-6-8-18(22)19-12-16(2)32(15-27(3,4)30)26(25(19)31)24-20(28)13-17(14-21(24)29)10-11-23(33)34/h6-11,13-14,16,26H,5,12,15H2,1-4H3,(H,33,34)/b11-10+/t16-,26-/m1/s1. The van der Waals surface area contributed by atoms with Crippen LogP contribution in [0.4, 0.5) is 13.2 Å². The van der Waals surface area contributed by atoms with Crippen molar-refractivity contribution in [3.05, 3.63) is 76.5 Å². The highest BCUT2D eigenvalue weighted by molar-refractivity contribution is 5.87. The third-order valence-electron chi connectivity index (χ3n) is 6.44. The van der Waals surface area contributed by atoms with E-state index in [1.54, 1.807) is 0 Å². The fourth-order valence-corrected chi connectivity index (χ4v) is 5.20. The molecule has 2 atom stereocenters. The molecule has 180 valence electrons. The van der Waals surface area contributed by atoms with Gasteiger partial charge < -0.3 is 9.67 Å². The predicted octanol–water partition coefficient (Wildman–Crippen LogP) is 6.12. The van der Waals surface area contributed by atoms with Gasteiger partial charge in [0.05, 0.1) is 6.04 Å². The zero-order valence-electron chi connectivity index (χ0n) is 19.8. The van der Waals surface area contributed by atoms with Crippen LogP contribution in [-0.4, -0.2) is 38.8 Å². The number of aliphatic carboxylic acids is 1. The maximum absolute atomic E-state index is 15.6. The van der Waals surface area contributed by atoms with Crippen LogP contribution in [0.2, 0.25) is 0 Å². The molecule has 4 rings (SSSR count). The lowest BCUT2D eigenvalue weighted by Gasteiger charge is -2.43. The highest BCUT2D eigenvalue weighted by atomic mass is 19.1. The van der Waals surface area contributed by atoms with Gasteiger partial charge in [0.2, 0.25) is 0 Å². The fourth-order valence-electron chi connectivity index (χ4n) is 5.20. The SMILES string of the molecule is CCn1c2c(c3ccccc31)C[C@@H](C)N(CC(C)(C)F)[C@@H]2c1c(F)cc(/C=C/C(=O)O)cc1F. The maximum atomic E-state index is 15.6. The predicted molar refractivity (Wildman–Crippen MR) is 128 cm³/mol. The average Bonchev–Trinajstić information content (AvgIpc) is 3.06.